The molecule has 4 aromatic rings. The molecule has 0 saturated carbocycles. The first-order valence-electron chi connectivity index (χ1n) is 7.90. The molecule has 0 spiro atoms. The van der Waals surface area contributed by atoms with Gasteiger partial charge in [-0.25, -0.2) is 0 Å². The molecule has 3 heteroatoms. The van der Waals surface area contributed by atoms with Gasteiger partial charge in [0, 0.05) is 34.0 Å². The monoisotopic (exact) mass is 301 g/mol. The molecule has 114 valence electrons. The molecule has 3 nitrogen and oxygen atoms in total. The fourth-order valence-electron chi connectivity index (χ4n) is 3.24. The van der Waals surface area contributed by atoms with Crippen molar-refractivity contribution in [1.29, 1.82) is 0 Å². The number of hydrogen-bond acceptors (Lipinski definition) is 2. The maximum absolute atomic E-state index is 6.03. The molecule has 3 N–H and O–H groups in total. The van der Waals surface area contributed by atoms with Gasteiger partial charge in [-0.15, -0.1) is 0 Å². The Labute approximate surface area is 135 Å². The summed E-state index contributed by atoms with van der Waals surface area (Å²) in [5, 5.41) is 5.97. The van der Waals surface area contributed by atoms with Crippen molar-refractivity contribution in [3.63, 3.8) is 0 Å². The molecule has 3 aromatic carbocycles. The molecule has 0 saturated heterocycles. The molecule has 0 bridgehead atoms. The van der Waals surface area contributed by atoms with Crippen LogP contribution in [0, 0.1) is 0 Å². The van der Waals surface area contributed by atoms with Crippen molar-refractivity contribution in [1.82, 2.24) is 4.57 Å². The highest BCUT2D eigenvalue weighted by atomic mass is 15.0. The van der Waals surface area contributed by atoms with Gasteiger partial charge in [-0.2, -0.15) is 0 Å². The second kappa shape index (κ2) is 5.36. The molecule has 0 aliphatic rings. The molecule has 0 atom stereocenters. The first-order valence-corrected chi connectivity index (χ1v) is 7.90. The van der Waals surface area contributed by atoms with Gasteiger partial charge in [-0.3, -0.25) is 0 Å². The largest absolute Gasteiger partial charge is 0.397 e. The summed E-state index contributed by atoms with van der Waals surface area (Å²) < 4.78 is 2.35. The molecule has 1 aromatic heterocycles. The van der Waals surface area contributed by atoms with Crippen molar-refractivity contribution in [2.75, 3.05) is 11.1 Å². The van der Waals surface area contributed by atoms with E-state index in [9.17, 15) is 0 Å². The van der Waals surface area contributed by atoms with E-state index in [1.807, 2.05) is 24.3 Å². The molecule has 0 radical (unpaired) electrons. The van der Waals surface area contributed by atoms with Gasteiger partial charge in [0.2, 0.25) is 0 Å². The molecule has 0 aliphatic heterocycles. The number of rotatable bonds is 3. The highest BCUT2D eigenvalue weighted by molar-refractivity contribution is 6.09. The molecule has 0 fully saturated rings. The molecular weight excluding hydrogens is 282 g/mol. The van der Waals surface area contributed by atoms with E-state index in [0.717, 1.165) is 23.6 Å². The van der Waals surface area contributed by atoms with Crippen molar-refractivity contribution in [2.45, 2.75) is 13.5 Å². The van der Waals surface area contributed by atoms with Gasteiger partial charge in [0.1, 0.15) is 0 Å². The van der Waals surface area contributed by atoms with E-state index in [4.69, 9.17) is 5.73 Å². The van der Waals surface area contributed by atoms with Crippen LogP contribution >= 0.6 is 0 Å². The second-order valence-electron chi connectivity index (χ2n) is 5.71. The standard InChI is InChI=1S/C20H19N3/c1-2-23-19-10-6-3-7-15(19)16-13-14(11-12-20(16)23)22-18-9-5-4-8-17(18)21/h3-13,22H,2,21H2,1H3. The molecule has 23 heavy (non-hydrogen) atoms. The van der Waals surface area contributed by atoms with Crippen LogP contribution in [0.25, 0.3) is 21.8 Å². The number of nitrogens with zero attached hydrogens (tertiary/aromatic N) is 1. The lowest BCUT2D eigenvalue weighted by Crippen LogP contribution is -1.96. The first kappa shape index (κ1) is 13.7. The normalized spacial score (nSPS) is 11.2. The predicted octanol–water partition coefficient (Wildman–Crippen LogP) is 5.14. The maximum atomic E-state index is 6.03. The zero-order valence-electron chi connectivity index (χ0n) is 13.1. The smallest absolute Gasteiger partial charge is 0.0617 e. The molecule has 0 amide bonds. The SMILES string of the molecule is CCn1c2ccccc2c2cc(Nc3ccccc3N)ccc21. The number of anilines is 3. The van der Waals surface area contributed by atoms with Crippen LogP contribution in [0.2, 0.25) is 0 Å². The van der Waals surface area contributed by atoms with Gasteiger partial charge in [0.25, 0.3) is 0 Å². The number of fused-ring (bicyclic) bond motifs is 3. The fraction of sp³-hybridized carbons (Fsp3) is 0.100. The zero-order chi connectivity index (χ0) is 15.8. The van der Waals surface area contributed by atoms with Gasteiger partial charge in [-0.05, 0) is 43.3 Å². The molecule has 1 heterocycles. The Morgan fingerprint density at radius 2 is 1.61 bits per heavy atom. The van der Waals surface area contributed by atoms with Crippen molar-refractivity contribution >= 4 is 38.9 Å². The Balaban J connectivity index is 1.88. The summed E-state index contributed by atoms with van der Waals surface area (Å²) in [5.74, 6) is 0. The maximum Gasteiger partial charge on any atom is 0.0617 e. The Morgan fingerprint density at radius 3 is 2.43 bits per heavy atom. The van der Waals surface area contributed by atoms with Crippen LogP contribution in [0.1, 0.15) is 6.92 Å². The number of nitrogens with two attached hydrogens (primary N) is 1. The number of nitrogen functional groups attached to an aromatic ring is 1. The number of nitrogens with one attached hydrogen (secondary N) is 1. The van der Waals surface area contributed by atoms with Crippen LogP contribution in [0.4, 0.5) is 17.1 Å². The summed E-state index contributed by atoms with van der Waals surface area (Å²) in [6, 6.07) is 22.9. The minimum Gasteiger partial charge on any atom is -0.397 e. The van der Waals surface area contributed by atoms with E-state index in [-0.39, 0.29) is 0 Å². The van der Waals surface area contributed by atoms with Gasteiger partial charge < -0.3 is 15.6 Å². The zero-order valence-corrected chi connectivity index (χ0v) is 13.1. The van der Waals surface area contributed by atoms with E-state index >= 15 is 0 Å². The van der Waals surface area contributed by atoms with Crippen LogP contribution in [0.3, 0.4) is 0 Å². The minimum atomic E-state index is 0.753. The van der Waals surface area contributed by atoms with Crippen LogP contribution in [-0.2, 0) is 6.54 Å². The Morgan fingerprint density at radius 1 is 0.870 bits per heavy atom. The van der Waals surface area contributed by atoms with Gasteiger partial charge >= 0.3 is 0 Å². The summed E-state index contributed by atoms with van der Waals surface area (Å²) in [4.78, 5) is 0. The number of aromatic nitrogens is 1. The van der Waals surface area contributed by atoms with Crippen molar-refractivity contribution in [3.8, 4) is 0 Å². The van der Waals surface area contributed by atoms with Crippen molar-refractivity contribution in [2.24, 2.45) is 0 Å². The van der Waals surface area contributed by atoms with Gasteiger partial charge in [0.05, 0.1) is 11.4 Å². The van der Waals surface area contributed by atoms with E-state index in [0.29, 0.717) is 0 Å². The van der Waals surface area contributed by atoms with Crippen LogP contribution < -0.4 is 11.1 Å². The Kier molecular flexibility index (Phi) is 3.19. The van der Waals surface area contributed by atoms with Crippen molar-refractivity contribution in [3.05, 3.63) is 66.7 Å². The summed E-state index contributed by atoms with van der Waals surface area (Å²) in [6.07, 6.45) is 0. The number of aryl methyl sites for hydroxylation is 1. The second-order valence-corrected chi connectivity index (χ2v) is 5.71. The average Bonchev–Trinajstić information content (AvgIpc) is 2.90. The lowest BCUT2D eigenvalue weighted by Gasteiger charge is -2.09. The van der Waals surface area contributed by atoms with E-state index in [2.05, 4.69) is 59.3 Å². The Bertz CT molecular complexity index is 998. The quantitative estimate of drug-likeness (QED) is 0.514. The first-order chi connectivity index (χ1) is 11.3. The molecule has 0 aliphatic carbocycles. The fourth-order valence-corrected chi connectivity index (χ4v) is 3.24. The van der Waals surface area contributed by atoms with E-state index in [1.54, 1.807) is 0 Å². The van der Waals surface area contributed by atoms with Gasteiger partial charge in [-0.1, -0.05) is 30.3 Å². The van der Waals surface area contributed by atoms with Crippen molar-refractivity contribution < 1.29 is 0 Å². The summed E-state index contributed by atoms with van der Waals surface area (Å²) in [6.45, 7) is 3.14. The number of benzene rings is 3. The van der Waals surface area contributed by atoms with E-state index < -0.39 is 0 Å². The third-order valence-electron chi connectivity index (χ3n) is 4.33. The van der Waals surface area contributed by atoms with Crippen LogP contribution in [0.5, 0.6) is 0 Å². The molecular formula is C20H19N3. The topological polar surface area (TPSA) is 43.0 Å². The lowest BCUT2D eigenvalue weighted by atomic mass is 10.1. The highest BCUT2D eigenvalue weighted by Crippen LogP contribution is 2.32. The highest BCUT2D eigenvalue weighted by Gasteiger charge is 2.09. The summed E-state index contributed by atoms with van der Waals surface area (Å²) >= 11 is 0. The summed E-state index contributed by atoms with van der Waals surface area (Å²) in [7, 11) is 0. The van der Waals surface area contributed by atoms with E-state index in [1.165, 1.54) is 21.8 Å². The lowest BCUT2D eigenvalue weighted by molar-refractivity contribution is 0.827. The average molecular weight is 301 g/mol. The van der Waals surface area contributed by atoms with Crippen LogP contribution in [-0.4, -0.2) is 4.57 Å². The predicted molar refractivity (Wildman–Crippen MR) is 99.3 cm³/mol. The number of hydrogen-bond donors (Lipinski definition) is 2. The van der Waals surface area contributed by atoms with Crippen LogP contribution in [0.15, 0.2) is 66.7 Å². The van der Waals surface area contributed by atoms with Gasteiger partial charge in [0.15, 0.2) is 0 Å². The molecule has 4 rings (SSSR count). The summed E-state index contributed by atoms with van der Waals surface area (Å²) in [5.41, 5.74) is 11.3. The number of para-hydroxylation sites is 3. The Hall–Kier alpha value is -2.94. The third kappa shape index (κ3) is 2.21. The molecule has 0 unspecified atom stereocenters. The third-order valence-corrected chi connectivity index (χ3v) is 4.33. The minimum absolute atomic E-state index is 0.753.